The molecule has 0 bridgehead atoms. The average Bonchev–Trinajstić information content (AvgIpc) is 3.44. The van der Waals surface area contributed by atoms with E-state index in [2.05, 4.69) is 25.1 Å². The molecule has 164 valence electrons. The zero-order valence-electron chi connectivity index (χ0n) is 17.9. The van der Waals surface area contributed by atoms with Crippen LogP contribution in [0.15, 0.2) is 67.0 Å². The molecule has 0 unspecified atom stereocenters. The van der Waals surface area contributed by atoms with Crippen molar-refractivity contribution < 1.29 is 9.53 Å². The van der Waals surface area contributed by atoms with Crippen molar-refractivity contribution in [2.45, 2.75) is 13.5 Å². The van der Waals surface area contributed by atoms with E-state index in [4.69, 9.17) is 16.3 Å². The van der Waals surface area contributed by atoms with Gasteiger partial charge in [0.1, 0.15) is 5.75 Å². The van der Waals surface area contributed by atoms with E-state index in [0.29, 0.717) is 28.7 Å². The summed E-state index contributed by atoms with van der Waals surface area (Å²) in [6.45, 7) is 2.52. The Morgan fingerprint density at radius 1 is 1.09 bits per heavy atom. The Morgan fingerprint density at radius 3 is 2.64 bits per heavy atom. The molecule has 9 heteroatoms. The van der Waals surface area contributed by atoms with Crippen molar-refractivity contribution in [2.24, 2.45) is 0 Å². The maximum absolute atomic E-state index is 13.6. The molecule has 0 fully saturated rings. The number of fused-ring (bicyclic) bond motifs is 1. The van der Waals surface area contributed by atoms with Crippen LogP contribution in [0.1, 0.15) is 27.3 Å². The molecule has 0 amide bonds. The number of benzene rings is 2. The number of methoxy groups -OCH3 is 1. The first kappa shape index (κ1) is 20.8. The predicted octanol–water partition coefficient (Wildman–Crippen LogP) is 4.26. The summed E-state index contributed by atoms with van der Waals surface area (Å²) in [7, 11) is 1.60. The molecule has 3 heterocycles. The zero-order valence-corrected chi connectivity index (χ0v) is 18.7. The molecule has 0 aliphatic heterocycles. The van der Waals surface area contributed by atoms with Crippen LogP contribution in [0.3, 0.4) is 0 Å². The highest BCUT2D eigenvalue weighted by Crippen LogP contribution is 2.31. The lowest BCUT2D eigenvalue weighted by molar-refractivity contribution is 0.103. The van der Waals surface area contributed by atoms with Crippen LogP contribution >= 0.6 is 11.6 Å². The van der Waals surface area contributed by atoms with Gasteiger partial charge in [-0.3, -0.25) is 4.79 Å². The monoisotopic (exact) mass is 458 g/mol. The van der Waals surface area contributed by atoms with Gasteiger partial charge in [0.25, 0.3) is 0 Å². The average molecular weight is 459 g/mol. The van der Waals surface area contributed by atoms with Crippen molar-refractivity contribution in [3.8, 4) is 11.6 Å². The first-order valence-corrected chi connectivity index (χ1v) is 10.6. The normalized spacial score (nSPS) is 11.1. The van der Waals surface area contributed by atoms with Crippen molar-refractivity contribution in [1.82, 2.24) is 29.8 Å². The van der Waals surface area contributed by atoms with Gasteiger partial charge in [-0.05, 0) is 55.0 Å². The summed E-state index contributed by atoms with van der Waals surface area (Å²) >= 11 is 6.05. The summed E-state index contributed by atoms with van der Waals surface area (Å²) in [6.07, 6.45) is 3.13. The molecular weight excluding hydrogens is 440 g/mol. The van der Waals surface area contributed by atoms with Crippen LogP contribution in [0.2, 0.25) is 5.02 Å². The number of rotatable bonds is 6. The Balaban J connectivity index is 1.61. The van der Waals surface area contributed by atoms with Crippen molar-refractivity contribution in [3.63, 3.8) is 0 Å². The van der Waals surface area contributed by atoms with E-state index < -0.39 is 0 Å². The fourth-order valence-electron chi connectivity index (χ4n) is 3.87. The minimum absolute atomic E-state index is 0.220. The van der Waals surface area contributed by atoms with E-state index >= 15 is 0 Å². The summed E-state index contributed by atoms with van der Waals surface area (Å²) in [5.41, 5.74) is 3.60. The van der Waals surface area contributed by atoms with Crippen LogP contribution in [0.5, 0.6) is 5.75 Å². The number of nitrogens with zero attached hydrogens (tertiary/aromatic N) is 6. The van der Waals surface area contributed by atoms with E-state index in [9.17, 15) is 4.79 Å². The standard InChI is InChI=1S/C24H19ClN6O2/c1-15-23(24(32)20-14-31(29-27-20)22-4-3-11-26-28-22)19-12-18(33-2)9-10-21(19)30(15)13-16-5-7-17(25)8-6-16/h3-12,14H,13H2,1-2H3. The van der Waals surface area contributed by atoms with Crippen LogP contribution in [-0.2, 0) is 6.54 Å². The van der Waals surface area contributed by atoms with E-state index in [1.807, 2.05) is 49.4 Å². The first-order valence-electron chi connectivity index (χ1n) is 10.2. The predicted molar refractivity (Wildman–Crippen MR) is 124 cm³/mol. The van der Waals surface area contributed by atoms with Gasteiger partial charge in [-0.15, -0.1) is 10.2 Å². The Hall–Kier alpha value is -4.04. The van der Waals surface area contributed by atoms with E-state index in [-0.39, 0.29) is 11.5 Å². The highest BCUT2D eigenvalue weighted by Gasteiger charge is 2.24. The smallest absolute Gasteiger partial charge is 0.217 e. The van der Waals surface area contributed by atoms with Crippen LogP contribution in [0, 0.1) is 6.92 Å². The van der Waals surface area contributed by atoms with E-state index in [0.717, 1.165) is 22.2 Å². The first-order chi connectivity index (χ1) is 16.0. The summed E-state index contributed by atoms with van der Waals surface area (Å²) in [5.74, 6) is 0.923. The van der Waals surface area contributed by atoms with Gasteiger partial charge in [0.15, 0.2) is 11.5 Å². The van der Waals surface area contributed by atoms with Gasteiger partial charge in [0.2, 0.25) is 5.78 Å². The Morgan fingerprint density at radius 2 is 1.91 bits per heavy atom. The highest BCUT2D eigenvalue weighted by molar-refractivity contribution is 6.30. The molecule has 2 aromatic carbocycles. The molecule has 0 saturated carbocycles. The second-order valence-corrected chi connectivity index (χ2v) is 7.95. The number of ketones is 1. The lowest BCUT2D eigenvalue weighted by atomic mass is 10.0. The maximum Gasteiger partial charge on any atom is 0.217 e. The van der Waals surface area contributed by atoms with Gasteiger partial charge < -0.3 is 9.30 Å². The van der Waals surface area contributed by atoms with Gasteiger partial charge >= 0.3 is 0 Å². The molecule has 0 aliphatic rings. The molecule has 0 N–H and O–H groups in total. The van der Waals surface area contributed by atoms with Crippen molar-refractivity contribution in [2.75, 3.05) is 7.11 Å². The molecule has 0 atom stereocenters. The third kappa shape index (κ3) is 3.85. The second kappa shape index (κ2) is 8.48. The number of halogens is 1. The second-order valence-electron chi connectivity index (χ2n) is 7.52. The molecule has 0 spiro atoms. The van der Waals surface area contributed by atoms with Crippen LogP contribution < -0.4 is 4.74 Å². The van der Waals surface area contributed by atoms with Crippen LogP contribution in [-0.4, -0.2) is 42.7 Å². The van der Waals surface area contributed by atoms with Gasteiger partial charge in [0.05, 0.1) is 18.9 Å². The minimum Gasteiger partial charge on any atom is -0.497 e. The topological polar surface area (TPSA) is 87.7 Å². The van der Waals surface area contributed by atoms with Gasteiger partial charge in [-0.25, -0.2) is 0 Å². The Labute approximate surface area is 194 Å². The van der Waals surface area contributed by atoms with Gasteiger partial charge in [0, 0.05) is 34.4 Å². The number of aromatic nitrogens is 6. The van der Waals surface area contributed by atoms with Crippen molar-refractivity contribution in [3.05, 3.63) is 94.5 Å². The molecule has 0 radical (unpaired) electrons. The van der Waals surface area contributed by atoms with Crippen LogP contribution in [0.25, 0.3) is 16.7 Å². The lowest BCUT2D eigenvalue weighted by Crippen LogP contribution is -2.07. The summed E-state index contributed by atoms with van der Waals surface area (Å²) in [4.78, 5) is 13.6. The third-order valence-corrected chi connectivity index (χ3v) is 5.78. The van der Waals surface area contributed by atoms with E-state index in [1.54, 1.807) is 31.6 Å². The number of carbonyl (C=O) groups is 1. The SMILES string of the molecule is COc1ccc2c(c1)c(C(=O)c1cn(-c3cccnn3)nn1)c(C)n2Cc1ccc(Cl)cc1. The Kier molecular flexibility index (Phi) is 5.35. The summed E-state index contributed by atoms with van der Waals surface area (Å²) < 4.78 is 8.97. The van der Waals surface area contributed by atoms with Gasteiger partial charge in [-0.1, -0.05) is 28.9 Å². The largest absolute Gasteiger partial charge is 0.497 e. The number of carbonyl (C=O) groups excluding carboxylic acids is 1. The molecule has 5 rings (SSSR count). The van der Waals surface area contributed by atoms with Crippen molar-refractivity contribution in [1.29, 1.82) is 0 Å². The van der Waals surface area contributed by atoms with Crippen molar-refractivity contribution >= 4 is 28.3 Å². The third-order valence-electron chi connectivity index (χ3n) is 5.53. The fraction of sp³-hybridized carbons (Fsp3) is 0.125. The highest BCUT2D eigenvalue weighted by atomic mass is 35.5. The molecular formula is C24H19ClN6O2. The number of ether oxygens (including phenoxy) is 1. The number of hydrogen-bond acceptors (Lipinski definition) is 6. The lowest BCUT2D eigenvalue weighted by Gasteiger charge is -2.09. The molecule has 5 aromatic rings. The molecule has 0 aliphatic carbocycles. The molecule has 33 heavy (non-hydrogen) atoms. The number of hydrogen-bond donors (Lipinski definition) is 0. The quantitative estimate of drug-likeness (QED) is 0.353. The Bertz CT molecular complexity index is 1460. The summed E-state index contributed by atoms with van der Waals surface area (Å²) in [5, 5.41) is 17.5. The van der Waals surface area contributed by atoms with Crippen LogP contribution in [0.4, 0.5) is 0 Å². The summed E-state index contributed by atoms with van der Waals surface area (Å²) in [6, 6.07) is 16.9. The molecule has 3 aromatic heterocycles. The van der Waals surface area contributed by atoms with Gasteiger partial charge in [-0.2, -0.15) is 9.78 Å². The van der Waals surface area contributed by atoms with E-state index in [1.165, 1.54) is 4.68 Å². The maximum atomic E-state index is 13.6. The minimum atomic E-state index is -0.226. The molecule has 8 nitrogen and oxygen atoms in total. The molecule has 0 saturated heterocycles. The fourth-order valence-corrected chi connectivity index (χ4v) is 4.00. The zero-order chi connectivity index (χ0) is 22.9.